The molecule has 1 aromatic carbocycles. The van der Waals surface area contributed by atoms with Crippen molar-refractivity contribution in [3.63, 3.8) is 0 Å². The Labute approximate surface area is 183 Å². The van der Waals surface area contributed by atoms with Crippen molar-refractivity contribution < 1.29 is 13.6 Å². The lowest BCUT2D eigenvalue weighted by atomic mass is 9.83. The minimum absolute atomic E-state index is 0.196. The molecule has 1 aromatic rings. The number of nitrogens with one attached hydrogen (secondary N) is 2. The average Bonchev–Trinajstić information content (AvgIpc) is 3.22. The molecule has 0 radical (unpaired) electrons. The Hall–Kier alpha value is -1.82. The van der Waals surface area contributed by atoms with E-state index in [1.807, 2.05) is 20.8 Å². The van der Waals surface area contributed by atoms with E-state index in [9.17, 15) is 9.18 Å². The molecule has 2 N–H and O–H groups in total. The third kappa shape index (κ3) is 4.74. The molecule has 1 heterocycles. The molecule has 6 heteroatoms. The first-order chi connectivity index (χ1) is 14.3. The molecule has 1 aliphatic carbocycles. The van der Waals surface area contributed by atoms with Gasteiger partial charge in [-0.25, -0.2) is 8.78 Å². The van der Waals surface area contributed by atoms with Gasteiger partial charge in [-0.05, 0) is 45.1 Å². The van der Waals surface area contributed by atoms with Crippen LogP contribution >= 0.6 is 12.6 Å². The van der Waals surface area contributed by atoms with E-state index in [-0.39, 0.29) is 17.2 Å². The third-order valence-electron chi connectivity index (χ3n) is 6.04. The van der Waals surface area contributed by atoms with E-state index in [0.29, 0.717) is 24.1 Å². The fraction of sp³-hybridized carbons (Fsp3) is 0.542. The molecule has 1 unspecified atom stereocenters. The van der Waals surface area contributed by atoms with Crippen LogP contribution in [0.2, 0.25) is 0 Å². The van der Waals surface area contributed by atoms with Crippen LogP contribution in [0.1, 0.15) is 80.5 Å². The number of allylic oxidation sites excluding steroid dienone is 1. The first-order valence-corrected chi connectivity index (χ1v) is 11.5. The minimum atomic E-state index is -0.826. The number of halogens is 2. The molecule has 1 atom stereocenters. The maximum absolute atomic E-state index is 15.5. The van der Waals surface area contributed by atoms with Gasteiger partial charge in [0.25, 0.3) is 0 Å². The van der Waals surface area contributed by atoms with Crippen LogP contribution in [0.3, 0.4) is 0 Å². The number of rotatable bonds is 7. The summed E-state index contributed by atoms with van der Waals surface area (Å²) in [5.41, 5.74) is 1.86. The van der Waals surface area contributed by atoms with E-state index < -0.39 is 23.0 Å². The van der Waals surface area contributed by atoms with E-state index in [4.69, 9.17) is 0 Å². The smallest absolute Gasteiger partial charge is 0.200 e. The number of hydrogen-bond donors (Lipinski definition) is 3. The van der Waals surface area contributed by atoms with Crippen molar-refractivity contribution in [2.75, 3.05) is 6.54 Å². The van der Waals surface area contributed by atoms with Gasteiger partial charge in [0.1, 0.15) is 11.6 Å². The van der Waals surface area contributed by atoms with Crippen LogP contribution in [0.4, 0.5) is 8.78 Å². The predicted molar refractivity (Wildman–Crippen MR) is 121 cm³/mol. The van der Waals surface area contributed by atoms with Crippen molar-refractivity contribution in [3.05, 3.63) is 57.9 Å². The lowest BCUT2D eigenvalue weighted by Crippen LogP contribution is -2.25. The predicted octanol–water partition coefficient (Wildman–Crippen LogP) is 5.85. The van der Waals surface area contributed by atoms with E-state index >= 15 is 4.39 Å². The molecule has 2 aliphatic rings. The first-order valence-electron chi connectivity index (χ1n) is 11.0. The Morgan fingerprint density at radius 3 is 2.57 bits per heavy atom. The molecular formula is C24H32F2N2OS. The summed E-state index contributed by atoms with van der Waals surface area (Å²) in [6.45, 7) is 6.50. The summed E-state index contributed by atoms with van der Waals surface area (Å²) in [5, 5.41) is 6.07. The van der Waals surface area contributed by atoms with E-state index in [1.54, 1.807) is 6.20 Å². The normalized spacial score (nSPS) is 20.0. The number of hydrogen-bond acceptors (Lipinski definition) is 4. The van der Waals surface area contributed by atoms with Crippen molar-refractivity contribution in [2.45, 2.75) is 70.6 Å². The van der Waals surface area contributed by atoms with Crippen LogP contribution < -0.4 is 10.6 Å². The standard InChI is InChI=1S/C24H32F2N2OS/c1-4-20(28-14(2)3)17-12-27-13-18(17)23(29)21-19(25)11-10-16(22(21)26)24(30)15-8-6-5-7-9-15/h10-11,13-15,24,27-28,30H,4-9,12H2,1-3H3/b20-17-. The molecular weight excluding hydrogens is 402 g/mol. The van der Waals surface area contributed by atoms with Gasteiger partial charge in [-0.1, -0.05) is 32.3 Å². The van der Waals surface area contributed by atoms with Crippen molar-refractivity contribution >= 4 is 18.4 Å². The van der Waals surface area contributed by atoms with E-state index in [1.165, 1.54) is 18.6 Å². The van der Waals surface area contributed by atoms with Gasteiger partial charge in [0.15, 0.2) is 0 Å². The Morgan fingerprint density at radius 1 is 1.23 bits per heavy atom. The SMILES string of the molecule is CC/C(NC(C)C)=C1\CNC=C1C(=O)c1c(F)ccc(C(S)C2CCCCC2)c1F. The Morgan fingerprint density at radius 2 is 1.93 bits per heavy atom. The van der Waals surface area contributed by atoms with Gasteiger partial charge in [-0.2, -0.15) is 12.6 Å². The largest absolute Gasteiger partial charge is 0.386 e. The molecule has 3 rings (SSSR count). The van der Waals surface area contributed by atoms with Crippen LogP contribution in [-0.4, -0.2) is 18.4 Å². The van der Waals surface area contributed by atoms with Crippen LogP contribution in [-0.2, 0) is 0 Å². The minimum Gasteiger partial charge on any atom is -0.386 e. The average molecular weight is 435 g/mol. The number of thiol groups is 1. The number of carbonyl (C=O) groups is 1. The monoisotopic (exact) mass is 434 g/mol. The maximum atomic E-state index is 15.5. The molecule has 0 bridgehead atoms. The number of benzene rings is 1. The van der Waals surface area contributed by atoms with Gasteiger partial charge in [0.05, 0.1) is 5.56 Å². The molecule has 0 amide bonds. The quantitative estimate of drug-likeness (QED) is 0.373. The highest BCUT2D eigenvalue weighted by molar-refractivity contribution is 7.80. The summed E-state index contributed by atoms with van der Waals surface area (Å²) in [7, 11) is 0. The summed E-state index contributed by atoms with van der Waals surface area (Å²) in [5.74, 6) is -1.97. The summed E-state index contributed by atoms with van der Waals surface area (Å²) >= 11 is 4.68. The summed E-state index contributed by atoms with van der Waals surface area (Å²) in [6, 6.07) is 2.85. The Kier molecular flexibility index (Phi) is 7.61. The zero-order chi connectivity index (χ0) is 21.8. The Balaban J connectivity index is 1.97. The first kappa shape index (κ1) is 22.9. The topological polar surface area (TPSA) is 41.1 Å². The molecule has 3 nitrogen and oxygen atoms in total. The van der Waals surface area contributed by atoms with Crippen molar-refractivity contribution in [1.29, 1.82) is 0 Å². The summed E-state index contributed by atoms with van der Waals surface area (Å²) in [6.07, 6.45) is 7.63. The zero-order valence-electron chi connectivity index (χ0n) is 18.0. The van der Waals surface area contributed by atoms with Crippen LogP contribution in [0.15, 0.2) is 35.2 Å². The maximum Gasteiger partial charge on any atom is 0.200 e. The highest BCUT2D eigenvalue weighted by Crippen LogP contribution is 2.40. The fourth-order valence-electron chi connectivity index (χ4n) is 4.50. The van der Waals surface area contributed by atoms with Crippen LogP contribution in [0.25, 0.3) is 0 Å². The molecule has 0 aromatic heterocycles. The van der Waals surface area contributed by atoms with Crippen molar-refractivity contribution in [1.82, 2.24) is 10.6 Å². The van der Waals surface area contributed by atoms with Crippen LogP contribution in [0.5, 0.6) is 0 Å². The molecule has 1 fully saturated rings. The van der Waals surface area contributed by atoms with Gasteiger partial charge >= 0.3 is 0 Å². The molecule has 0 saturated heterocycles. The number of carbonyl (C=O) groups excluding carboxylic acids is 1. The zero-order valence-corrected chi connectivity index (χ0v) is 18.9. The Bertz CT molecular complexity index is 857. The van der Waals surface area contributed by atoms with E-state index in [0.717, 1.165) is 37.0 Å². The lowest BCUT2D eigenvalue weighted by Gasteiger charge is -2.28. The molecule has 1 aliphatic heterocycles. The van der Waals surface area contributed by atoms with Gasteiger partial charge in [-0.15, -0.1) is 0 Å². The van der Waals surface area contributed by atoms with Gasteiger partial charge in [0.2, 0.25) is 5.78 Å². The molecule has 1 saturated carbocycles. The molecule has 164 valence electrons. The fourth-order valence-corrected chi connectivity index (χ4v) is 5.00. The highest BCUT2D eigenvalue weighted by Gasteiger charge is 2.31. The second-order valence-electron chi connectivity index (χ2n) is 8.55. The second kappa shape index (κ2) is 9.99. The van der Waals surface area contributed by atoms with Gasteiger partial charge in [0, 0.05) is 46.4 Å². The number of ketones is 1. The van der Waals surface area contributed by atoms with E-state index in [2.05, 4.69) is 23.3 Å². The van der Waals surface area contributed by atoms with Crippen molar-refractivity contribution in [2.24, 2.45) is 5.92 Å². The lowest BCUT2D eigenvalue weighted by molar-refractivity contribution is 0.102. The van der Waals surface area contributed by atoms with Crippen molar-refractivity contribution in [3.8, 4) is 0 Å². The summed E-state index contributed by atoms with van der Waals surface area (Å²) < 4.78 is 30.2. The molecule has 30 heavy (non-hydrogen) atoms. The van der Waals surface area contributed by atoms with Gasteiger partial charge in [-0.3, -0.25) is 4.79 Å². The van der Waals surface area contributed by atoms with Gasteiger partial charge < -0.3 is 10.6 Å². The third-order valence-corrected chi connectivity index (χ3v) is 6.74. The molecule has 0 spiro atoms. The highest BCUT2D eigenvalue weighted by atomic mass is 32.1. The number of Topliss-reactive ketones (excluding diaryl/α,β-unsaturated/α-hetero) is 1. The second-order valence-corrected chi connectivity index (χ2v) is 9.10. The summed E-state index contributed by atoms with van der Waals surface area (Å²) in [4.78, 5) is 13.3. The van der Waals surface area contributed by atoms with Crippen LogP contribution in [0, 0.1) is 17.6 Å².